The van der Waals surface area contributed by atoms with Gasteiger partial charge in [0, 0.05) is 0 Å². The van der Waals surface area contributed by atoms with E-state index in [4.69, 9.17) is 0 Å². The Morgan fingerprint density at radius 1 is 1.44 bits per heavy atom. The third-order valence-electron chi connectivity index (χ3n) is 3.01. The van der Waals surface area contributed by atoms with Crippen molar-refractivity contribution < 1.29 is 18.3 Å². The molecule has 0 aromatic heterocycles. The molecule has 1 aliphatic rings. The van der Waals surface area contributed by atoms with E-state index in [-0.39, 0.29) is 18.0 Å². The Hall–Kier alpha value is -1.45. The molecule has 4 heteroatoms. The Labute approximate surface area is 92.2 Å². The van der Waals surface area contributed by atoms with Crippen LogP contribution in [0.1, 0.15) is 18.4 Å². The van der Waals surface area contributed by atoms with Crippen molar-refractivity contribution in [2.24, 2.45) is 5.41 Å². The number of carbonyl (C=O) groups excluding carboxylic acids is 1. The molecule has 1 aliphatic carbocycles. The Morgan fingerprint density at radius 3 is 2.69 bits per heavy atom. The summed E-state index contributed by atoms with van der Waals surface area (Å²) in [4.78, 5) is 11.5. The quantitative estimate of drug-likeness (QED) is 0.740. The van der Waals surface area contributed by atoms with Gasteiger partial charge in [-0.15, -0.1) is 0 Å². The zero-order valence-electron chi connectivity index (χ0n) is 8.93. The largest absolute Gasteiger partial charge is 0.469 e. The van der Waals surface area contributed by atoms with Crippen LogP contribution < -0.4 is 0 Å². The lowest BCUT2D eigenvalue weighted by Gasteiger charge is -2.12. The molecule has 0 unspecified atom stereocenters. The fraction of sp³-hybridized carbons (Fsp3) is 0.417. The molecule has 0 spiro atoms. The van der Waals surface area contributed by atoms with Crippen molar-refractivity contribution >= 4 is 5.97 Å². The lowest BCUT2D eigenvalue weighted by atomic mass is 9.96. The molecule has 0 bridgehead atoms. The molecule has 2 rings (SSSR count). The smallest absolute Gasteiger partial charge is 0.312 e. The fourth-order valence-corrected chi connectivity index (χ4v) is 1.86. The van der Waals surface area contributed by atoms with E-state index >= 15 is 0 Å². The summed E-state index contributed by atoms with van der Waals surface area (Å²) in [5, 5.41) is 0. The predicted octanol–water partition coefficient (Wildman–Crippen LogP) is 2.46. The summed E-state index contributed by atoms with van der Waals surface area (Å²) in [5.74, 6) is -1.30. The van der Waals surface area contributed by atoms with Crippen LogP contribution in [0.15, 0.2) is 18.2 Å². The Kier molecular flexibility index (Phi) is 2.66. The summed E-state index contributed by atoms with van der Waals surface area (Å²) >= 11 is 0. The molecule has 0 radical (unpaired) electrons. The molecule has 1 fully saturated rings. The van der Waals surface area contributed by atoms with Crippen molar-refractivity contribution in [3.8, 4) is 0 Å². The summed E-state index contributed by atoms with van der Waals surface area (Å²) in [5.41, 5.74) is -0.383. The molecular weight excluding hydrogens is 214 g/mol. The normalized spacial score (nSPS) is 16.9. The van der Waals surface area contributed by atoms with Crippen molar-refractivity contribution in [3.63, 3.8) is 0 Å². The van der Waals surface area contributed by atoms with Gasteiger partial charge in [-0.05, 0) is 43.0 Å². The maximum Gasteiger partial charge on any atom is 0.312 e. The zero-order chi connectivity index (χ0) is 11.8. The van der Waals surface area contributed by atoms with Gasteiger partial charge in [-0.1, -0.05) is 0 Å². The molecule has 16 heavy (non-hydrogen) atoms. The van der Waals surface area contributed by atoms with Gasteiger partial charge in [0.1, 0.15) is 11.6 Å². The van der Waals surface area contributed by atoms with Crippen LogP contribution in [-0.2, 0) is 16.0 Å². The lowest BCUT2D eigenvalue weighted by Crippen LogP contribution is -2.20. The van der Waals surface area contributed by atoms with E-state index in [1.807, 2.05) is 0 Å². The third-order valence-corrected chi connectivity index (χ3v) is 3.01. The molecule has 0 saturated heterocycles. The molecule has 1 saturated carbocycles. The van der Waals surface area contributed by atoms with Gasteiger partial charge < -0.3 is 4.74 Å². The van der Waals surface area contributed by atoms with Crippen molar-refractivity contribution in [2.75, 3.05) is 7.11 Å². The first-order chi connectivity index (χ1) is 7.57. The molecule has 0 aliphatic heterocycles. The Morgan fingerprint density at radius 2 is 2.12 bits per heavy atom. The highest BCUT2D eigenvalue weighted by Gasteiger charge is 2.51. The van der Waals surface area contributed by atoms with Crippen LogP contribution in [0.5, 0.6) is 0 Å². The van der Waals surface area contributed by atoms with Crippen LogP contribution in [0.4, 0.5) is 8.78 Å². The molecule has 0 atom stereocenters. The Bertz CT molecular complexity index is 425. The van der Waals surface area contributed by atoms with Crippen LogP contribution in [0.25, 0.3) is 0 Å². The molecule has 0 N–H and O–H groups in total. The number of methoxy groups -OCH3 is 1. The molecule has 0 amide bonds. The van der Waals surface area contributed by atoms with Crippen molar-refractivity contribution in [1.29, 1.82) is 0 Å². The maximum absolute atomic E-state index is 13.4. The summed E-state index contributed by atoms with van der Waals surface area (Å²) in [6.07, 6.45) is 1.56. The van der Waals surface area contributed by atoms with Crippen LogP contribution in [-0.4, -0.2) is 13.1 Å². The number of halogens is 2. The van der Waals surface area contributed by atoms with Gasteiger partial charge in [0.05, 0.1) is 12.5 Å². The van der Waals surface area contributed by atoms with Gasteiger partial charge in [0.25, 0.3) is 0 Å². The van der Waals surface area contributed by atoms with Crippen LogP contribution in [0, 0.1) is 17.0 Å². The van der Waals surface area contributed by atoms with E-state index in [0.29, 0.717) is 12.8 Å². The minimum absolute atomic E-state index is 0.212. The standard InChI is InChI=1S/C12H12F2O2/c1-16-11(15)12(4-5-12)7-8-6-9(13)2-3-10(8)14/h2-3,6H,4-5,7H2,1H3. The second kappa shape index (κ2) is 3.85. The van der Waals surface area contributed by atoms with Crippen molar-refractivity contribution in [1.82, 2.24) is 0 Å². The number of esters is 1. The van der Waals surface area contributed by atoms with Gasteiger partial charge in [0.2, 0.25) is 0 Å². The fourth-order valence-electron chi connectivity index (χ4n) is 1.86. The molecule has 1 aromatic carbocycles. The summed E-state index contributed by atoms with van der Waals surface area (Å²) in [6, 6.07) is 3.28. The first-order valence-electron chi connectivity index (χ1n) is 5.10. The van der Waals surface area contributed by atoms with E-state index in [0.717, 1.165) is 18.2 Å². The number of rotatable bonds is 3. The summed E-state index contributed by atoms with van der Waals surface area (Å²) in [6.45, 7) is 0. The lowest BCUT2D eigenvalue weighted by molar-refractivity contribution is -0.147. The van der Waals surface area contributed by atoms with E-state index in [9.17, 15) is 13.6 Å². The van der Waals surface area contributed by atoms with Gasteiger partial charge in [-0.25, -0.2) is 8.78 Å². The van der Waals surface area contributed by atoms with Crippen LogP contribution in [0.3, 0.4) is 0 Å². The Balaban J connectivity index is 2.21. The molecule has 1 aromatic rings. The highest BCUT2D eigenvalue weighted by molar-refractivity contribution is 5.80. The van der Waals surface area contributed by atoms with Crippen LogP contribution >= 0.6 is 0 Å². The molecule has 0 heterocycles. The van der Waals surface area contributed by atoms with Gasteiger partial charge in [-0.2, -0.15) is 0 Å². The first-order valence-corrected chi connectivity index (χ1v) is 5.10. The van der Waals surface area contributed by atoms with Gasteiger partial charge in [0.15, 0.2) is 0 Å². The average Bonchev–Trinajstić information content (AvgIpc) is 3.03. The summed E-state index contributed by atoms with van der Waals surface area (Å²) < 4.78 is 31.0. The molecular formula is C12H12F2O2. The van der Waals surface area contributed by atoms with E-state index in [1.54, 1.807) is 0 Å². The van der Waals surface area contributed by atoms with Gasteiger partial charge >= 0.3 is 5.97 Å². The highest BCUT2D eigenvalue weighted by Crippen LogP contribution is 2.49. The minimum atomic E-state index is -0.622. The van der Waals surface area contributed by atoms with Gasteiger partial charge in [-0.3, -0.25) is 4.79 Å². The number of hydrogen-bond acceptors (Lipinski definition) is 2. The topological polar surface area (TPSA) is 26.3 Å². The second-order valence-electron chi connectivity index (χ2n) is 4.18. The minimum Gasteiger partial charge on any atom is -0.469 e. The first kappa shape index (κ1) is 11.0. The van der Waals surface area contributed by atoms with E-state index in [1.165, 1.54) is 7.11 Å². The molecule has 86 valence electrons. The number of hydrogen-bond donors (Lipinski definition) is 0. The molecule has 2 nitrogen and oxygen atoms in total. The van der Waals surface area contributed by atoms with Crippen molar-refractivity contribution in [2.45, 2.75) is 19.3 Å². The summed E-state index contributed by atoms with van der Waals surface area (Å²) in [7, 11) is 1.31. The average molecular weight is 226 g/mol. The maximum atomic E-state index is 13.4. The van der Waals surface area contributed by atoms with Crippen molar-refractivity contribution in [3.05, 3.63) is 35.4 Å². The SMILES string of the molecule is COC(=O)C1(Cc2cc(F)ccc2F)CC1. The third kappa shape index (κ3) is 1.92. The number of benzene rings is 1. The van der Waals surface area contributed by atoms with E-state index in [2.05, 4.69) is 4.74 Å². The second-order valence-corrected chi connectivity index (χ2v) is 4.18. The number of carbonyl (C=O) groups is 1. The van der Waals surface area contributed by atoms with E-state index < -0.39 is 17.0 Å². The monoisotopic (exact) mass is 226 g/mol. The predicted molar refractivity (Wildman–Crippen MR) is 53.7 cm³/mol. The number of ether oxygens (including phenoxy) is 1. The highest BCUT2D eigenvalue weighted by atomic mass is 19.1. The zero-order valence-corrected chi connectivity index (χ0v) is 8.93. The van der Waals surface area contributed by atoms with Crippen LogP contribution in [0.2, 0.25) is 0 Å².